The number of hydrogen-bond donors (Lipinski definition) is 2. The Morgan fingerprint density at radius 1 is 1.47 bits per heavy atom. The predicted octanol–water partition coefficient (Wildman–Crippen LogP) is 1.21. The predicted molar refractivity (Wildman–Crippen MR) is 73.6 cm³/mol. The van der Waals surface area contributed by atoms with E-state index in [1.807, 2.05) is 18.2 Å². The van der Waals surface area contributed by atoms with Gasteiger partial charge in [-0.05, 0) is 18.2 Å². The first-order valence-electron chi connectivity index (χ1n) is 5.72. The summed E-state index contributed by atoms with van der Waals surface area (Å²) in [6.45, 7) is 0.105. The molecular weight excluding hydrogens is 312 g/mol. The van der Waals surface area contributed by atoms with Gasteiger partial charge in [0, 0.05) is 29.4 Å². The van der Waals surface area contributed by atoms with Crippen molar-refractivity contribution in [2.24, 2.45) is 0 Å². The Morgan fingerprint density at radius 3 is 3.05 bits per heavy atom. The minimum Gasteiger partial charge on any atom is -0.396 e. The van der Waals surface area contributed by atoms with Gasteiger partial charge in [0.05, 0.1) is 5.69 Å². The van der Waals surface area contributed by atoms with E-state index in [-0.39, 0.29) is 19.1 Å². The lowest BCUT2D eigenvalue weighted by Gasteiger charge is -2.05. The molecule has 6 nitrogen and oxygen atoms in total. The number of aliphatic hydroxyl groups excluding tert-OH is 1. The second kappa shape index (κ2) is 6.44. The Balaban J connectivity index is 1.93. The number of anilines is 1. The van der Waals surface area contributed by atoms with Crippen molar-refractivity contribution >= 4 is 27.5 Å². The van der Waals surface area contributed by atoms with E-state index in [4.69, 9.17) is 5.11 Å². The zero-order valence-electron chi connectivity index (χ0n) is 10.1. The molecule has 7 heteroatoms. The molecule has 2 N–H and O–H groups in total. The Kier molecular flexibility index (Phi) is 4.64. The first-order chi connectivity index (χ1) is 9.17. The van der Waals surface area contributed by atoms with E-state index in [1.54, 1.807) is 12.3 Å². The lowest BCUT2D eigenvalue weighted by atomic mass is 10.3. The van der Waals surface area contributed by atoms with Crippen molar-refractivity contribution in [3.8, 4) is 0 Å². The molecule has 1 amide bonds. The number of nitrogens with one attached hydrogen (secondary N) is 1. The van der Waals surface area contributed by atoms with Gasteiger partial charge in [0.15, 0.2) is 0 Å². The summed E-state index contributed by atoms with van der Waals surface area (Å²) in [5.41, 5.74) is 1.38. The van der Waals surface area contributed by atoms with Gasteiger partial charge >= 0.3 is 0 Å². The van der Waals surface area contributed by atoms with Gasteiger partial charge in [0.25, 0.3) is 0 Å². The fourth-order valence-corrected chi connectivity index (χ4v) is 1.96. The number of halogens is 1. The number of carbonyl (C=O) groups excluding carboxylic acids is 1. The molecule has 0 unspecified atom stereocenters. The molecule has 0 saturated heterocycles. The van der Waals surface area contributed by atoms with Crippen LogP contribution in [0.5, 0.6) is 0 Å². The van der Waals surface area contributed by atoms with Crippen LogP contribution >= 0.6 is 15.9 Å². The minimum absolute atomic E-state index is 0.0168. The van der Waals surface area contributed by atoms with Gasteiger partial charge in [0.2, 0.25) is 5.91 Å². The summed E-state index contributed by atoms with van der Waals surface area (Å²) >= 11 is 3.34. The van der Waals surface area contributed by atoms with E-state index >= 15 is 0 Å². The average Bonchev–Trinajstić information content (AvgIpc) is 2.77. The highest BCUT2D eigenvalue weighted by atomic mass is 79.9. The molecule has 100 valence electrons. The van der Waals surface area contributed by atoms with Crippen LogP contribution in [-0.2, 0) is 17.8 Å². The fourth-order valence-electron chi connectivity index (χ4n) is 1.56. The molecule has 1 aromatic carbocycles. The molecule has 2 rings (SSSR count). The lowest BCUT2D eigenvalue weighted by Crippen LogP contribution is -2.19. The van der Waals surface area contributed by atoms with Crippen LogP contribution in [-0.4, -0.2) is 32.6 Å². The van der Waals surface area contributed by atoms with Gasteiger partial charge in [-0.2, -0.15) is 0 Å². The van der Waals surface area contributed by atoms with Gasteiger partial charge in [-0.3, -0.25) is 4.79 Å². The molecule has 0 aliphatic rings. The van der Waals surface area contributed by atoms with Crippen molar-refractivity contribution < 1.29 is 9.90 Å². The van der Waals surface area contributed by atoms with Gasteiger partial charge in [0.1, 0.15) is 6.54 Å². The highest BCUT2D eigenvalue weighted by Gasteiger charge is 2.06. The summed E-state index contributed by atoms with van der Waals surface area (Å²) in [5.74, 6) is -0.182. The van der Waals surface area contributed by atoms with Crippen molar-refractivity contribution in [3.63, 3.8) is 0 Å². The number of benzene rings is 1. The van der Waals surface area contributed by atoms with Crippen LogP contribution in [0.1, 0.15) is 5.69 Å². The van der Waals surface area contributed by atoms with Gasteiger partial charge < -0.3 is 10.4 Å². The van der Waals surface area contributed by atoms with Crippen LogP contribution in [0.3, 0.4) is 0 Å². The van der Waals surface area contributed by atoms with Crippen LogP contribution in [0.2, 0.25) is 0 Å². The maximum absolute atomic E-state index is 11.8. The summed E-state index contributed by atoms with van der Waals surface area (Å²) < 4.78 is 2.34. The van der Waals surface area contributed by atoms with Crippen molar-refractivity contribution in [1.29, 1.82) is 0 Å². The van der Waals surface area contributed by atoms with Crippen molar-refractivity contribution in [2.45, 2.75) is 13.0 Å². The Morgan fingerprint density at radius 2 is 2.32 bits per heavy atom. The molecule has 0 radical (unpaired) electrons. The van der Waals surface area contributed by atoms with E-state index in [2.05, 4.69) is 31.6 Å². The molecule has 2 aromatic rings. The zero-order valence-corrected chi connectivity index (χ0v) is 11.7. The molecular formula is C12H13BrN4O2. The first-order valence-corrected chi connectivity index (χ1v) is 6.52. The van der Waals surface area contributed by atoms with Crippen LogP contribution < -0.4 is 5.32 Å². The molecule has 0 aliphatic carbocycles. The number of amides is 1. The van der Waals surface area contributed by atoms with Crippen molar-refractivity contribution in [2.75, 3.05) is 11.9 Å². The van der Waals surface area contributed by atoms with E-state index in [1.165, 1.54) is 4.68 Å². The maximum Gasteiger partial charge on any atom is 0.246 e. The quantitative estimate of drug-likeness (QED) is 0.866. The third-order valence-corrected chi connectivity index (χ3v) is 2.86. The summed E-state index contributed by atoms with van der Waals surface area (Å²) in [7, 11) is 0. The molecule has 0 fully saturated rings. The van der Waals surface area contributed by atoms with E-state index < -0.39 is 0 Å². The largest absolute Gasteiger partial charge is 0.396 e. The molecule has 1 heterocycles. The first kappa shape index (κ1) is 13.7. The SMILES string of the molecule is O=C(Cn1cc(CCO)nn1)Nc1cccc(Br)c1. The monoisotopic (exact) mass is 324 g/mol. The average molecular weight is 325 g/mol. The van der Waals surface area contributed by atoms with Gasteiger partial charge in [-0.15, -0.1) is 5.10 Å². The Bertz CT molecular complexity index is 570. The third kappa shape index (κ3) is 4.15. The number of hydrogen-bond acceptors (Lipinski definition) is 4. The summed E-state index contributed by atoms with van der Waals surface area (Å²) in [6, 6.07) is 7.35. The van der Waals surface area contributed by atoms with Crippen molar-refractivity contribution in [3.05, 3.63) is 40.6 Å². The number of rotatable bonds is 5. The molecule has 0 spiro atoms. The Labute approximate surface area is 118 Å². The second-order valence-electron chi connectivity index (χ2n) is 3.94. The third-order valence-electron chi connectivity index (χ3n) is 2.37. The van der Waals surface area contributed by atoms with Crippen molar-refractivity contribution in [1.82, 2.24) is 15.0 Å². The summed E-state index contributed by atoms with van der Waals surface area (Å²) in [4.78, 5) is 11.8. The number of nitrogens with zero attached hydrogens (tertiary/aromatic N) is 3. The number of aromatic nitrogens is 3. The molecule has 0 atom stereocenters. The molecule has 19 heavy (non-hydrogen) atoms. The molecule has 0 aliphatic heterocycles. The van der Waals surface area contributed by atoms with Crippen LogP contribution in [0, 0.1) is 0 Å². The smallest absolute Gasteiger partial charge is 0.246 e. The number of carbonyl (C=O) groups is 1. The van der Waals surface area contributed by atoms with Gasteiger partial charge in [-0.1, -0.05) is 27.2 Å². The van der Waals surface area contributed by atoms with Crippen LogP contribution in [0.25, 0.3) is 0 Å². The number of aliphatic hydroxyl groups is 1. The Hall–Kier alpha value is -1.73. The van der Waals surface area contributed by atoms with E-state index in [9.17, 15) is 4.79 Å². The zero-order chi connectivity index (χ0) is 13.7. The normalized spacial score (nSPS) is 10.4. The fraction of sp³-hybridized carbons (Fsp3) is 0.250. The maximum atomic E-state index is 11.8. The van der Waals surface area contributed by atoms with E-state index in [0.29, 0.717) is 12.1 Å². The second-order valence-corrected chi connectivity index (χ2v) is 4.86. The molecule has 0 bridgehead atoms. The minimum atomic E-state index is -0.182. The molecule has 1 aromatic heterocycles. The van der Waals surface area contributed by atoms with E-state index in [0.717, 1.165) is 10.2 Å². The summed E-state index contributed by atoms with van der Waals surface area (Å²) in [5, 5.41) is 19.2. The summed E-state index contributed by atoms with van der Waals surface area (Å²) in [6.07, 6.45) is 2.09. The topological polar surface area (TPSA) is 80.0 Å². The van der Waals surface area contributed by atoms with Crippen LogP contribution in [0.15, 0.2) is 34.9 Å². The highest BCUT2D eigenvalue weighted by molar-refractivity contribution is 9.10. The highest BCUT2D eigenvalue weighted by Crippen LogP contribution is 2.15. The van der Waals surface area contributed by atoms with Gasteiger partial charge in [-0.25, -0.2) is 4.68 Å². The molecule has 0 saturated carbocycles. The standard InChI is InChI=1S/C12H13BrN4O2/c13-9-2-1-3-10(6-9)14-12(19)8-17-7-11(4-5-18)15-16-17/h1-3,6-7,18H,4-5,8H2,(H,14,19). The lowest BCUT2D eigenvalue weighted by molar-refractivity contribution is -0.116. The van der Waals surface area contributed by atoms with Crippen LogP contribution in [0.4, 0.5) is 5.69 Å².